The predicted molar refractivity (Wildman–Crippen MR) is 48.2 cm³/mol. The van der Waals surface area contributed by atoms with Crippen LogP contribution in [0.2, 0.25) is 0 Å². The van der Waals surface area contributed by atoms with Crippen molar-refractivity contribution in [2.45, 2.75) is 19.4 Å². The Kier molecular flexibility index (Phi) is 2.97. The minimum absolute atomic E-state index is 0.0630. The highest BCUT2D eigenvalue weighted by molar-refractivity contribution is 5.67. The van der Waals surface area contributed by atoms with Crippen molar-refractivity contribution in [3.8, 4) is 0 Å². The standard InChI is InChI=1S/C9H12N2O2/c1-6-7(3-2-4-11-6)8(10)5-9(12)13/h2-4,8H,5,10H2,1H3,(H,12,13). The normalized spacial score (nSPS) is 12.5. The third-order valence-electron chi connectivity index (χ3n) is 1.84. The quantitative estimate of drug-likeness (QED) is 0.723. The molecule has 1 rings (SSSR count). The number of nitrogens with zero attached hydrogens (tertiary/aromatic N) is 1. The lowest BCUT2D eigenvalue weighted by molar-refractivity contribution is -0.137. The van der Waals surface area contributed by atoms with Crippen LogP contribution in [0, 0.1) is 6.92 Å². The summed E-state index contributed by atoms with van der Waals surface area (Å²) in [6, 6.07) is 3.09. The topological polar surface area (TPSA) is 76.2 Å². The Hall–Kier alpha value is -1.42. The second-order valence-corrected chi connectivity index (χ2v) is 2.88. The maximum atomic E-state index is 10.4. The van der Waals surface area contributed by atoms with Crippen LogP contribution in [0.5, 0.6) is 0 Å². The zero-order chi connectivity index (χ0) is 9.84. The Labute approximate surface area is 76.4 Å². The number of carboxylic acid groups (broad SMARTS) is 1. The first-order chi connectivity index (χ1) is 6.11. The van der Waals surface area contributed by atoms with Crippen LogP contribution in [0.3, 0.4) is 0 Å². The first-order valence-electron chi connectivity index (χ1n) is 4.00. The molecule has 1 aromatic rings. The second kappa shape index (κ2) is 4.00. The summed E-state index contributed by atoms with van der Waals surface area (Å²) in [5, 5.41) is 8.54. The zero-order valence-electron chi connectivity index (χ0n) is 7.40. The van der Waals surface area contributed by atoms with Crippen LogP contribution < -0.4 is 5.73 Å². The molecule has 1 unspecified atom stereocenters. The van der Waals surface area contributed by atoms with Crippen molar-refractivity contribution in [3.05, 3.63) is 29.6 Å². The van der Waals surface area contributed by atoms with Gasteiger partial charge in [-0.2, -0.15) is 0 Å². The molecule has 0 aromatic carbocycles. The van der Waals surface area contributed by atoms with E-state index in [0.29, 0.717) is 0 Å². The molecular weight excluding hydrogens is 168 g/mol. The number of pyridine rings is 1. The maximum absolute atomic E-state index is 10.4. The van der Waals surface area contributed by atoms with E-state index in [-0.39, 0.29) is 6.42 Å². The van der Waals surface area contributed by atoms with E-state index in [1.807, 2.05) is 6.92 Å². The lowest BCUT2D eigenvalue weighted by Gasteiger charge is -2.10. The number of nitrogens with two attached hydrogens (primary N) is 1. The highest BCUT2D eigenvalue weighted by Crippen LogP contribution is 2.15. The number of aliphatic carboxylic acids is 1. The van der Waals surface area contributed by atoms with Crippen LogP contribution in [0.25, 0.3) is 0 Å². The smallest absolute Gasteiger partial charge is 0.305 e. The van der Waals surface area contributed by atoms with Gasteiger partial charge in [-0.05, 0) is 18.6 Å². The van der Waals surface area contributed by atoms with Crippen LogP contribution in [-0.2, 0) is 4.79 Å². The Morgan fingerprint density at radius 1 is 1.77 bits per heavy atom. The SMILES string of the molecule is Cc1ncccc1C(N)CC(=O)O. The van der Waals surface area contributed by atoms with Gasteiger partial charge in [0.15, 0.2) is 0 Å². The van der Waals surface area contributed by atoms with E-state index >= 15 is 0 Å². The highest BCUT2D eigenvalue weighted by atomic mass is 16.4. The number of carboxylic acids is 1. The van der Waals surface area contributed by atoms with Crippen LogP contribution in [0.15, 0.2) is 18.3 Å². The van der Waals surface area contributed by atoms with Crippen molar-refractivity contribution < 1.29 is 9.90 Å². The fraction of sp³-hybridized carbons (Fsp3) is 0.333. The Balaban J connectivity index is 2.82. The summed E-state index contributed by atoms with van der Waals surface area (Å²) in [6.45, 7) is 1.82. The summed E-state index contributed by atoms with van der Waals surface area (Å²) in [5.74, 6) is -0.893. The molecule has 70 valence electrons. The molecule has 0 spiro atoms. The summed E-state index contributed by atoms with van der Waals surface area (Å²) in [5.41, 5.74) is 7.26. The summed E-state index contributed by atoms with van der Waals surface area (Å²) in [6.07, 6.45) is 1.60. The zero-order valence-corrected chi connectivity index (χ0v) is 7.40. The molecular formula is C9H12N2O2. The van der Waals surface area contributed by atoms with Gasteiger partial charge in [0.2, 0.25) is 0 Å². The summed E-state index contributed by atoms with van der Waals surface area (Å²) < 4.78 is 0. The molecule has 0 fully saturated rings. The van der Waals surface area contributed by atoms with Crippen molar-refractivity contribution in [1.82, 2.24) is 4.98 Å². The third-order valence-corrected chi connectivity index (χ3v) is 1.84. The average Bonchev–Trinajstić information content (AvgIpc) is 2.03. The van der Waals surface area contributed by atoms with Crippen LogP contribution in [0.4, 0.5) is 0 Å². The number of aryl methyl sites for hydroxylation is 1. The van der Waals surface area contributed by atoms with E-state index in [4.69, 9.17) is 10.8 Å². The van der Waals surface area contributed by atoms with Gasteiger partial charge in [-0.3, -0.25) is 9.78 Å². The van der Waals surface area contributed by atoms with Gasteiger partial charge in [0, 0.05) is 17.9 Å². The van der Waals surface area contributed by atoms with Crippen molar-refractivity contribution >= 4 is 5.97 Å². The summed E-state index contributed by atoms with van der Waals surface area (Å²) >= 11 is 0. The van der Waals surface area contributed by atoms with Gasteiger partial charge in [0.25, 0.3) is 0 Å². The lowest BCUT2D eigenvalue weighted by atomic mass is 10.0. The number of aromatic nitrogens is 1. The molecule has 1 atom stereocenters. The number of hydrogen-bond donors (Lipinski definition) is 2. The number of hydrogen-bond acceptors (Lipinski definition) is 3. The molecule has 0 bridgehead atoms. The largest absolute Gasteiger partial charge is 0.481 e. The van der Waals surface area contributed by atoms with Crippen LogP contribution in [-0.4, -0.2) is 16.1 Å². The molecule has 13 heavy (non-hydrogen) atoms. The van der Waals surface area contributed by atoms with Gasteiger partial charge in [-0.15, -0.1) is 0 Å². The van der Waals surface area contributed by atoms with Gasteiger partial charge in [0.05, 0.1) is 6.42 Å². The number of rotatable bonds is 3. The van der Waals surface area contributed by atoms with Gasteiger partial charge < -0.3 is 10.8 Å². The maximum Gasteiger partial charge on any atom is 0.305 e. The molecule has 0 radical (unpaired) electrons. The molecule has 0 aliphatic carbocycles. The van der Waals surface area contributed by atoms with Gasteiger partial charge in [0.1, 0.15) is 0 Å². The first kappa shape index (κ1) is 9.67. The third kappa shape index (κ3) is 2.52. The van der Waals surface area contributed by atoms with Crippen LogP contribution >= 0.6 is 0 Å². The molecule has 1 heterocycles. The average molecular weight is 180 g/mol. The fourth-order valence-electron chi connectivity index (χ4n) is 1.19. The van der Waals surface area contributed by atoms with Crippen molar-refractivity contribution in [2.75, 3.05) is 0 Å². The molecule has 4 heteroatoms. The van der Waals surface area contributed by atoms with Gasteiger partial charge in [-0.25, -0.2) is 0 Å². The van der Waals surface area contributed by atoms with Crippen molar-refractivity contribution in [3.63, 3.8) is 0 Å². The van der Waals surface area contributed by atoms with Gasteiger partial charge >= 0.3 is 5.97 Å². The van der Waals surface area contributed by atoms with E-state index in [9.17, 15) is 4.79 Å². The van der Waals surface area contributed by atoms with E-state index in [1.165, 1.54) is 0 Å². The first-order valence-corrected chi connectivity index (χ1v) is 4.00. The molecule has 0 aliphatic rings. The molecule has 0 saturated carbocycles. The molecule has 4 nitrogen and oxygen atoms in total. The highest BCUT2D eigenvalue weighted by Gasteiger charge is 2.12. The molecule has 0 amide bonds. The van der Waals surface area contributed by atoms with Crippen LogP contribution in [0.1, 0.15) is 23.7 Å². The molecule has 0 aliphatic heterocycles. The van der Waals surface area contributed by atoms with Gasteiger partial charge in [-0.1, -0.05) is 6.07 Å². The van der Waals surface area contributed by atoms with E-state index in [1.54, 1.807) is 18.3 Å². The minimum atomic E-state index is -0.893. The van der Waals surface area contributed by atoms with Crippen molar-refractivity contribution in [2.24, 2.45) is 5.73 Å². The molecule has 0 saturated heterocycles. The van der Waals surface area contributed by atoms with E-state index in [2.05, 4.69) is 4.98 Å². The lowest BCUT2D eigenvalue weighted by Crippen LogP contribution is -2.16. The van der Waals surface area contributed by atoms with Crippen molar-refractivity contribution in [1.29, 1.82) is 0 Å². The van der Waals surface area contributed by atoms with E-state index < -0.39 is 12.0 Å². The Morgan fingerprint density at radius 2 is 2.46 bits per heavy atom. The molecule has 3 N–H and O–H groups in total. The Morgan fingerprint density at radius 3 is 3.00 bits per heavy atom. The summed E-state index contributed by atoms with van der Waals surface area (Å²) in [4.78, 5) is 14.4. The predicted octanol–water partition coefficient (Wildman–Crippen LogP) is 0.865. The number of carbonyl (C=O) groups is 1. The second-order valence-electron chi connectivity index (χ2n) is 2.88. The van der Waals surface area contributed by atoms with E-state index in [0.717, 1.165) is 11.3 Å². The monoisotopic (exact) mass is 180 g/mol. The summed E-state index contributed by atoms with van der Waals surface area (Å²) in [7, 11) is 0. The Bertz CT molecular complexity index is 312. The molecule has 1 aromatic heterocycles. The fourth-order valence-corrected chi connectivity index (χ4v) is 1.19. The minimum Gasteiger partial charge on any atom is -0.481 e.